The van der Waals surface area contributed by atoms with Gasteiger partial charge in [-0.3, -0.25) is 0 Å². The molecule has 0 saturated carbocycles. The van der Waals surface area contributed by atoms with Gasteiger partial charge >= 0.3 is 5.97 Å². The van der Waals surface area contributed by atoms with Crippen LogP contribution >= 0.6 is 22.9 Å². The standard InChI is InChI=1S/C12H10ClNO3S/c1-16-10-8(11-14-3-4-18-11)5-7(13)6-9(10)12(15)17-2/h3-6H,1-2H3. The molecule has 2 aromatic rings. The summed E-state index contributed by atoms with van der Waals surface area (Å²) in [6.45, 7) is 0. The second kappa shape index (κ2) is 5.37. The van der Waals surface area contributed by atoms with Crippen molar-refractivity contribution >= 4 is 28.9 Å². The van der Waals surface area contributed by atoms with Gasteiger partial charge in [0.15, 0.2) is 0 Å². The number of hydrogen-bond acceptors (Lipinski definition) is 5. The van der Waals surface area contributed by atoms with Crippen molar-refractivity contribution in [1.82, 2.24) is 4.98 Å². The Morgan fingerprint density at radius 2 is 2.17 bits per heavy atom. The number of nitrogens with zero attached hydrogens (tertiary/aromatic N) is 1. The van der Waals surface area contributed by atoms with Gasteiger partial charge in [-0.05, 0) is 12.1 Å². The lowest BCUT2D eigenvalue weighted by molar-refractivity contribution is 0.0597. The Bertz CT molecular complexity index is 569. The van der Waals surface area contributed by atoms with E-state index < -0.39 is 5.97 Å². The molecule has 1 aromatic heterocycles. The summed E-state index contributed by atoms with van der Waals surface area (Å²) in [4.78, 5) is 15.9. The predicted molar refractivity (Wildman–Crippen MR) is 70.5 cm³/mol. The van der Waals surface area contributed by atoms with Crippen LogP contribution in [0, 0.1) is 0 Å². The van der Waals surface area contributed by atoms with Crippen molar-refractivity contribution in [3.63, 3.8) is 0 Å². The van der Waals surface area contributed by atoms with Crippen LogP contribution in [0.4, 0.5) is 0 Å². The van der Waals surface area contributed by atoms with E-state index in [4.69, 9.17) is 21.1 Å². The fourth-order valence-corrected chi connectivity index (χ4v) is 2.46. The lowest BCUT2D eigenvalue weighted by Gasteiger charge is -2.11. The third kappa shape index (κ3) is 2.32. The van der Waals surface area contributed by atoms with E-state index in [9.17, 15) is 4.79 Å². The van der Waals surface area contributed by atoms with Gasteiger partial charge in [0.25, 0.3) is 0 Å². The summed E-state index contributed by atoms with van der Waals surface area (Å²) < 4.78 is 10.00. The number of thiazole rings is 1. The SMILES string of the molecule is COC(=O)c1cc(Cl)cc(-c2nccs2)c1OC. The van der Waals surface area contributed by atoms with Gasteiger partial charge < -0.3 is 9.47 Å². The van der Waals surface area contributed by atoms with E-state index in [0.29, 0.717) is 16.3 Å². The van der Waals surface area contributed by atoms with Crippen molar-refractivity contribution in [3.8, 4) is 16.3 Å². The van der Waals surface area contributed by atoms with Crippen LogP contribution in [0.1, 0.15) is 10.4 Å². The number of carbonyl (C=O) groups is 1. The van der Waals surface area contributed by atoms with E-state index in [1.54, 1.807) is 12.3 Å². The van der Waals surface area contributed by atoms with Crippen LogP contribution in [0.2, 0.25) is 5.02 Å². The molecule has 0 aliphatic carbocycles. The summed E-state index contributed by atoms with van der Waals surface area (Å²) in [5.41, 5.74) is 0.970. The average molecular weight is 284 g/mol. The molecule has 94 valence electrons. The zero-order valence-electron chi connectivity index (χ0n) is 9.77. The Hall–Kier alpha value is -1.59. The highest BCUT2D eigenvalue weighted by molar-refractivity contribution is 7.13. The topological polar surface area (TPSA) is 48.4 Å². The van der Waals surface area contributed by atoms with Crippen molar-refractivity contribution in [1.29, 1.82) is 0 Å². The first-order valence-corrected chi connectivity index (χ1v) is 6.29. The van der Waals surface area contributed by atoms with Gasteiger partial charge in [-0.2, -0.15) is 0 Å². The van der Waals surface area contributed by atoms with Crippen molar-refractivity contribution in [2.24, 2.45) is 0 Å². The monoisotopic (exact) mass is 283 g/mol. The summed E-state index contributed by atoms with van der Waals surface area (Å²) in [6.07, 6.45) is 1.68. The van der Waals surface area contributed by atoms with Crippen LogP contribution in [-0.4, -0.2) is 25.2 Å². The van der Waals surface area contributed by atoms with Gasteiger partial charge in [0.2, 0.25) is 0 Å². The molecule has 0 fully saturated rings. The Kier molecular flexibility index (Phi) is 3.84. The normalized spacial score (nSPS) is 10.2. The number of methoxy groups -OCH3 is 2. The fraction of sp³-hybridized carbons (Fsp3) is 0.167. The smallest absolute Gasteiger partial charge is 0.341 e. The highest BCUT2D eigenvalue weighted by Gasteiger charge is 2.20. The van der Waals surface area contributed by atoms with Gasteiger partial charge in [-0.15, -0.1) is 11.3 Å². The molecule has 2 rings (SSSR count). The molecule has 6 heteroatoms. The lowest BCUT2D eigenvalue weighted by atomic mass is 10.1. The molecule has 0 unspecified atom stereocenters. The van der Waals surface area contributed by atoms with Gasteiger partial charge in [0.05, 0.1) is 19.8 Å². The van der Waals surface area contributed by atoms with Crippen molar-refractivity contribution in [2.45, 2.75) is 0 Å². The van der Waals surface area contributed by atoms with E-state index >= 15 is 0 Å². The number of esters is 1. The Morgan fingerprint density at radius 1 is 1.39 bits per heavy atom. The highest BCUT2D eigenvalue weighted by atomic mass is 35.5. The molecule has 18 heavy (non-hydrogen) atoms. The van der Waals surface area contributed by atoms with Crippen LogP contribution < -0.4 is 4.74 Å². The van der Waals surface area contributed by atoms with Gasteiger partial charge in [0.1, 0.15) is 16.3 Å². The number of halogens is 1. The number of hydrogen-bond donors (Lipinski definition) is 0. The summed E-state index contributed by atoms with van der Waals surface area (Å²) in [5.74, 6) is -0.0756. The first-order chi connectivity index (χ1) is 8.67. The zero-order chi connectivity index (χ0) is 13.1. The predicted octanol–water partition coefficient (Wildman–Crippen LogP) is 3.26. The molecule has 0 spiro atoms. The first kappa shape index (κ1) is 12.9. The Balaban J connectivity index is 2.66. The summed E-state index contributed by atoms with van der Waals surface area (Å²) >= 11 is 7.45. The number of rotatable bonds is 3. The molecule has 1 aromatic carbocycles. The second-order valence-corrected chi connectivity index (χ2v) is 4.69. The molecule has 0 radical (unpaired) electrons. The summed E-state index contributed by atoms with van der Waals surface area (Å²) in [7, 11) is 2.80. The highest BCUT2D eigenvalue weighted by Crippen LogP contribution is 2.37. The lowest BCUT2D eigenvalue weighted by Crippen LogP contribution is -2.05. The molecule has 0 aliphatic heterocycles. The second-order valence-electron chi connectivity index (χ2n) is 3.36. The van der Waals surface area contributed by atoms with Crippen LogP contribution in [0.3, 0.4) is 0 Å². The van der Waals surface area contributed by atoms with Crippen LogP contribution in [0.15, 0.2) is 23.7 Å². The molecule has 0 saturated heterocycles. The van der Waals surface area contributed by atoms with Gasteiger partial charge in [-0.1, -0.05) is 11.6 Å². The minimum absolute atomic E-state index is 0.290. The molecule has 0 bridgehead atoms. The maximum absolute atomic E-state index is 11.7. The van der Waals surface area contributed by atoms with E-state index in [2.05, 4.69) is 4.98 Å². The number of aromatic nitrogens is 1. The third-order valence-electron chi connectivity index (χ3n) is 2.33. The number of carbonyl (C=O) groups excluding carboxylic acids is 1. The van der Waals surface area contributed by atoms with Gasteiger partial charge in [-0.25, -0.2) is 9.78 Å². The molecule has 0 N–H and O–H groups in total. The van der Waals surface area contributed by atoms with Crippen LogP contribution in [0.25, 0.3) is 10.6 Å². The largest absolute Gasteiger partial charge is 0.495 e. The quantitative estimate of drug-likeness (QED) is 0.811. The van der Waals surface area contributed by atoms with E-state index in [1.165, 1.54) is 31.6 Å². The number of ether oxygens (including phenoxy) is 2. The molecule has 4 nitrogen and oxygen atoms in total. The van der Waals surface area contributed by atoms with E-state index in [-0.39, 0.29) is 5.56 Å². The van der Waals surface area contributed by atoms with Gasteiger partial charge in [0, 0.05) is 16.6 Å². The Labute approximate surface area is 113 Å². The van der Waals surface area contributed by atoms with Crippen molar-refractivity contribution in [3.05, 3.63) is 34.3 Å². The fourth-order valence-electron chi connectivity index (χ4n) is 1.59. The van der Waals surface area contributed by atoms with Crippen molar-refractivity contribution in [2.75, 3.05) is 14.2 Å². The minimum atomic E-state index is -0.493. The molecule has 0 aliphatic rings. The maximum atomic E-state index is 11.7. The Morgan fingerprint density at radius 3 is 2.72 bits per heavy atom. The molecule has 0 amide bonds. The molecular weight excluding hydrogens is 274 g/mol. The maximum Gasteiger partial charge on any atom is 0.341 e. The summed E-state index contributed by atoms with van der Waals surface area (Å²) in [5, 5.41) is 3.01. The molecule has 0 atom stereocenters. The zero-order valence-corrected chi connectivity index (χ0v) is 11.3. The average Bonchev–Trinajstić information content (AvgIpc) is 2.90. The number of benzene rings is 1. The molecule has 1 heterocycles. The molecular formula is C12H10ClNO3S. The van der Waals surface area contributed by atoms with Crippen LogP contribution in [-0.2, 0) is 4.74 Å². The third-order valence-corrected chi connectivity index (χ3v) is 3.35. The van der Waals surface area contributed by atoms with Crippen molar-refractivity contribution < 1.29 is 14.3 Å². The van der Waals surface area contributed by atoms with Crippen LogP contribution in [0.5, 0.6) is 5.75 Å². The van der Waals surface area contributed by atoms with E-state index in [1.807, 2.05) is 5.38 Å². The summed E-state index contributed by atoms with van der Waals surface area (Å²) in [6, 6.07) is 3.23. The van der Waals surface area contributed by atoms with E-state index in [0.717, 1.165) is 5.01 Å². The minimum Gasteiger partial charge on any atom is -0.495 e. The first-order valence-electron chi connectivity index (χ1n) is 5.03.